The van der Waals surface area contributed by atoms with Crippen LogP contribution in [0.2, 0.25) is 0 Å². The van der Waals surface area contributed by atoms with Crippen molar-refractivity contribution < 1.29 is 9.18 Å². The highest BCUT2D eigenvalue weighted by atomic mass is 19.1. The minimum absolute atomic E-state index is 0.169. The van der Waals surface area contributed by atoms with Crippen LogP contribution in [0.5, 0.6) is 0 Å². The Hall–Kier alpha value is -2.70. The molecule has 0 bridgehead atoms. The Bertz CT molecular complexity index is 830. The maximum atomic E-state index is 14.5. The van der Waals surface area contributed by atoms with Gasteiger partial charge in [0.15, 0.2) is 0 Å². The summed E-state index contributed by atoms with van der Waals surface area (Å²) in [5.41, 5.74) is 0.405. The van der Waals surface area contributed by atoms with Gasteiger partial charge in [-0.15, -0.1) is 0 Å². The van der Waals surface area contributed by atoms with Crippen molar-refractivity contribution in [3.8, 4) is 0 Å². The van der Waals surface area contributed by atoms with Gasteiger partial charge in [-0.25, -0.2) is 14.2 Å². The van der Waals surface area contributed by atoms with Gasteiger partial charge in [-0.2, -0.15) is 0 Å². The van der Waals surface area contributed by atoms with Gasteiger partial charge in [0.2, 0.25) is 5.91 Å². The van der Waals surface area contributed by atoms with Gasteiger partial charge in [0, 0.05) is 31.2 Å². The molecule has 1 aromatic heterocycles. The Labute approximate surface area is 151 Å². The average Bonchev–Trinajstić information content (AvgIpc) is 2.64. The first-order valence-electron chi connectivity index (χ1n) is 8.88. The first-order valence-corrected chi connectivity index (χ1v) is 8.88. The third-order valence-electron chi connectivity index (χ3n) is 4.83. The Morgan fingerprint density at radius 2 is 2.12 bits per heavy atom. The Balaban J connectivity index is 1.66. The minimum atomic E-state index is -0.502. The van der Waals surface area contributed by atoms with E-state index in [9.17, 15) is 14.0 Å². The molecule has 0 saturated heterocycles. The fourth-order valence-corrected chi connectivity index (χ4v) is 3.40. The van der Waals surface area contributed by atoms with Gasteiger partial charge in [0.25, 0.3) is 0 Å². The molecule has 1 aliphatic rings. The predicted octanol–water partition coefficient (Wildman–Crippen LogP) is 2.79. The maximum Gasteiger partial charge on any atom is 0.347 e. The Morgan fingerprint density at radius 3 is 2.81 bits per heavy atom. The largest absolute Gasteiger partial charge is 0.369 e. The minimum Gasteiger partial charge on any atom is -0.369 e. The van der Waals surface area contributed by atoms with Crippen molar-refractivity contribution in [3.05, 3.63) is 53.0 Å². The molecule has 6 nitrogen and oxygen atoms in total. The highest BCUT2D eigenvalue weighted by molar-refractivity contribution is 5.90. The van der Waals surface area contributed by atoms with Crippen LogP contribution in [0.1, 0.15) is 32.1 Å². The number of aromatic nitrogens is 2. The van der Waals surface area contributed by atoms with Crippen LogP contribution in [0.25, 0.3) is 0 Å². The third-order valence-corrected chi connectivity index (χ3v) is 4.83. The van der Waals surface area contributed by atoms with Crippen LogP contribution in [0.4, 0.5) is 15.8 Å². The lowest BCUT2D eigenvalue weighted by molar-refractivity contribution is -0.116. The molecular weight excluding hydrogens is 335 g/mol. The first-order chi connectivity index (χ1) is 12.5. The van der Waals surface area contributed by atoms with Gasteiger partial charge in [-0.1, -0.05) is 19.3 Å². The van der Waals surface area contributed by atoms with Crippen LogP contribution < -0.4 is 15.9 Å². The molecule has 138 valence electrons. The quantitative estimate of drug-likeness (QED) is 0.892. The summed E-state index contributed by atoms with van der Waals surface area (Å²) < 4.78 is 15.7. The molecule has 1 N–H and O–H groups in total. The van der Waals surface area contributed by atoms with Gasteiger partial charge < -0.3 is 10.2 Å². The maximum absolute atomic E-state index is 14.5. The molecule has 1 saturated carbocycles. The van der Waals surface area contributed by atoms with E-state index in [1.54, 1.807) is 18.2 Å². The lowest BCUT2D eigenvalue weighted by Crippen LogP contribution is -2.34. The molecule has 0 spiro atoms. The van der Waals surface area contributed by atoms with E-state index < -0.39 is 11.6 Å². The van der Waals surface area contributed by atoms with Crippen molar-refractivity contribution >= 4 is 17.3 Å². The monoisotopic (exact) mass is 358 g/mol. The molecule has 7 heteroatoms. The zero-order chi connectivity index (χ0) is 18.5. The molecule has 1 aliphatic carbocycles. The topological polar surface area (TPSA) is 67.2 Å². The second-order valence-corrected chi connectivity index (χ2v) is 6.65. The number of hydrogen-bond acceptors (Lipinski definition) is 4. The third kappa shape index (κ3) is 4.28. The summed E-state index contributed by atoms with van der Waals surface area (Å²) in [6.07, 6.45) is 8.61. The van der Waals surface area contributed by atoms with Gasteiger partial charge >= 0.3 is 5.69 Å². The van der Waals surface area contributed by atoms with E-state index in [2.05, 4.69) is 10.3 Å². The summed E-state index contributed by atoms with van der Waals surface area (Å²) in [4.78, 5) is 29.2. The molecule has 1 aromatic carbocycles. The predicted molar refractivity (Wildman–Crippen MR) is 98.8 cm³/mol. The summed E-state index contributed by atoms with van der Waals surface area (Å²) in [5, 5.41) is 2.62. The van der Waals surface area contributed by atoms with E-state index in [0.717, 1.165) is 12.8 Å². The molecule has 26 heavy (non-hydrogen) atoms. The Morgan fingerprint density at radius 1 is 1.35 bits per heavy atom. The van der Waals surface area contributed by atoms with E-state index in [-0.39, 0.29) is 12.4 Å². The van der Waals surface area contributed by atoms with E-state index in [1.165, 1.54) is 42.3 Å². The number of benzene rings is 1. The van der Waals surface area contributed by atoms with E-state index in [4.69, 9.17) is 0 Å². The number of nitrogens with one attached hydrogen (secondary N) is 1. The SMILES string of the molecule is CN(c1ccc(NC(=O)Cn2cccnc2=O)cc1F)C1CCCCC1. The number of anilines is 2. The molecule has 2 aromatic rings. The number of carbonyl (C=O) groups is 1. The van der Waals surface area contributed by atoms with Crippen molar-refractivity contribution in [1.29, 1.82) is 0 Å². The van der Waals surface area contributed by atoms with Crippen LogP contribution in [0, 0.1) is 5.82 Å². The molecule has 1 heterocycles. The average molecular weight is 358 g/mol. The van der Waals surface area contributed by atoms with Crippen LogP contribution >= 0.6 is 0 Å². The zero-order valence-corrected chi connectivity index (χ0v) is 14.8. The second kappa shape index (κ2) is 8.12. The number of hydrogen-bond donors (Lipinski definition) is 1. The molecule has 0 aliphatic heterocycles. The molecule has 0 atom stereocenters. The number of rotatable bonds is 5. The summed E-state index contributed by atoms with van der Waals surface area (Å²) in [5.74, 6) is -0.776. The zero-order valence-electron chi connectivity index (χ0n) is 14.8. The number of halogens is 1. The summed E-state index contributed by atoms with van der Waals surface area (Å²) in [7, 11) is 1.92. The lowest BCUT2D eigenvalue weighted by Gasteiger charge is -2.33. The number of amides is 1. The van der Waals surface area contributed by atoms with Crippen LogP contribution in [-0.4, -0.2) is 28.5 Å². The van der Waals surface area contributed by atoms with Gasteiger partial charge in [0.05, 0.1) is 5.69 Å². The summed E-state index contributed by atoms with van der Waals surface area (Å²) in [6, 6.07) is 6.62. The smallest absolute Gasteiger partial charge is 0.347 e. The van der Waals surface area contributed by atoms with E-state index in [0.29, 0.717) is 17.4 Å². The van der Waals surface area contributed by atoms with Gasteiger partial charge in [-0.3, -0.25) is 9.36 Å². The standard InChI is InChI=1S/C19H23FN4O2/c1-23(15-6-3-2-4-7-15)17-9-8-14(12-16(17)20)22-18(25)13-24-11-5-10-21-19(24)26/h5,8-12,15H,2-4,6-7,13H2,1H3,(H,22,25). The molecular formula is C19H23FN4O2. The van der Waals surface area contributed by atoms with Crippen molar-refractivity contribution in [3.63, 3.8) is 0 Å². The Kier molecular flexibility index (Phi) is 5.65. The normalized spacial score (nSPS) is 14.8. The van der Waals surface area contributed by atoms with Crippen molar-refractivity contribution in [1.82, 2.24) is 9.55 Å². The second-order valence-electron chi connectivity index (χ2n) is 6.65. The first kappa shape index (κ1) is 18.1. The van der Waals surface area contributed by atoms with Crippen molar-refractivity contribution in [2.24, 2.45) is 0 Å². The lowest BCUT2D eigenvalue weighted by atomic mass is 9.94. The molecule has 1 fully saturated rings. The van der Waals surface area contributed by atoms with Crippen molar-refractivity contribution in [2.45, 2.75) is 44.7 Å². The fourth-order valence-electron chi connectivity index (χ4n) is 3.40. The van der Waals surface area contributed by atoms with Crippen LogP contribution in [-0.2, 0) is 11.3 Å². The van der Waals surface area contributed by atoms with E-state index >= 15 is 0 Å². The highest BCUT2D eigenvalue weighted by Gasteiger charge is 2.20. The molecule has 0 unspecified atom stereocenters. The van der Waals surface area contributed by atoms with Gasteiger partial charge in [-0.05, 0) is 37.1 Å². The van der Waals surface area contributed by atoms with Crippen molar-refractivity contribution in [2.75, 3.05) is 17.3 Å². The molecule has 1 amide bonds. The van der Waals surface area contributed by atoms with Crippen LogP contribution in [0.15, 0.2) is 41.5 Å². The van der Waals surface area contributed by atoms with E-state index in [1.807, 2.05) is 11.9 Å². The molecule has 3 rings (SSSR count). The van der Waals surface area contributed by atoms with Crippen LogP contribution in [0.3, 0.4) is 0 Å². The number of carbonyl (C=O) groups excluding carboxylic acids is 1. The highest BCUT2D eigenvalue weighted by Crippen LogP contribution is 2.29. The number of nitrogens with zero attached hydrogens (tertiary/aromatic N) is 3. The fraction of sp³-hybridized carbons (Fsp3) is 0.421. The van der Waals surface area contributed by atoms with Gasteiger partial charge in [0.1, 0.15) is 12.4 Å². The summed E-state index contributed by atoms with van der Waals surface area (Å²) >= 11 is 0. The molecule has 0 radical (unpaired) electrons. The summed E-state index contributed by atoms with van der Waals surface area (Å²) in [6.45, 7) is -0.169.